The summed E-state index contributed by atoms with van der Waals surface area (Å²) in [5.74, 6) is 0. The molecule has 17 heavy (non-hydrogen) atoms. The molecule has 0 spiro atoms. The zero-order chi connectivity index (χ0) is 14.1. The molecule has 0 aromatic rings. The SMILES string of the molecule is C=C/C=C(\C)CN(C)C(=O)OC(C)(C)C.CC. The molecular weight excluding hydrogens is 214 g/mol. The van der Waals surface area contributed by atoms with E-state index in [0.717, 1.165) is 5.57 Å². The first-order valence-corrected chi connectivity index (χ1v) is 5.98. The summed E-state index contributed by atoms with van der Waals surface area (Å²) >= 11 is 0. The van der Waals surface area contributed by atoms with E-state index in [1.165, 1.54) is 0 Å². The number of allylic oxidation sites excluding steroid dienone is 2. The highest BCUT2D eigenvalue weighted by atomic mass is 16.6. The Morgan fingerprint density at radius 3 is 2.18 bits per heavy atom. The third kappa shape index (κ3) is 11.0. The van der Waals surface area contributed by atoms with E-state index in [2.05, 4.69) is 6.58 Å². The molecule has 0 atom stereocenters. The summed E-state index contributed by atoms with van der Waals surface area (Å²) in [6.07, 6.45) is 3.28. The molecule has 0 N–H and O–H groups in total. The van der Waals surface area contributed by atoms with Gasteiger partial charge < -0.3 is 9.64 Å². The second kappa shape index (κ2) is 8.85. The lowest BCUT2D eigenvalue weighted by Crippen LogP contribution is -2.35. The molecule has 0 aromatic carbocycles. The highest BCUT2D eigenvalue weighted by Gasteiger charge is 2.19. The van der Waals surface area contributed by atoms with Crippen LogP contribution in [0.1, 0.15) is 41.5 Å². The molecular formula is C14H27NO2. The fourth-order valence-corrected chi connectivity index (χ4v) is 1.03. The molecule has 100 valence electrons. The van der Waals surface area contributed by atoms with Gasteiger partial charge in [-0.25, -0.2) is 4.79 Å². The predicted octanol–water partition coefficient (Wildman–Crippen LogP) is 4.01. The number of likely N-dealkylation sites (N-methyl/N-ethyl adjacent to an activating group) is 1. The van der Waals surface area contributed by atoms with E-state index >= 15 is 0 Å². The van der Waals surface area contributed by atoms with Crippen LogP contribution in [-0.4, -0.2) is 30.2 Å². The van der Waals surface area contributed by atoms with Gasteiger partial charge >= 0.3 is 6.09 Å². The molecule has 0 unspecified atom stereocenters. The van der Waals surface area contributed by atoms with Gasteiger partial charge in [-0.1, -0.05) is 38.2 Å². The zero-order valence-electron chi connectivity index (χ0n) is 12.3. The molecule has 0 saturated carbocycles. The fraction of sp³-hybridized carbons (Fsp3) is 0.643. The molecule has 1 amide bonds. The van der Waals surface area contributed by atoms with Crippen molar-refractivity contribution >= 4 is 6.09 Å². The topological polar surface area (TPSA) is 29.5 Å². The van der Waals surface area contributed by atoms with Gasteiger partial charge in [-0.15, -0.1) is 0 Å². The standard InChI is InChI=1S/C12H21NO2.C2H6/c1-7-8-10(2)9-13(6)11(14)15-12(3,4)5;1-2/h7-8H,1,9H2,2-6H3;1-2H3/b10-8+;. The summed E-state index contributed by atoms with van der Waals surface area (Å²) < 4.78 is 5.21. The van der Waals surface area contributed by atoms with Gasteiger partial charge in [0.2, 0.25) is 0 Å². The second-order valence-electron chi connectivity index (χ2n) is 4.59. The van der Waals surface area contributed by atoms with Gasteiger partial charge in [-0.05, 0) is 27.7 Å². The minimum absolute atomic E-state index is 0.306. The van der Waals surface area contributed by atoms with E-state index in [9.17, 15) is 4.79 Å². The Hall–Kier alpha value is -1.25. The molecule has 0 aliphatic rings. The molecule has 0 fully saturated rings. The van der Waals surface area contributed by atoms with Crippen LogP contribution in [0, 0.1) is 0 Å². The first kappa shape index (κ1) is 18.1. The Balaban J connectivity index is 0. The van der Waals surface area contributed by atoms with Crippen molar-refractivity contribution in [3.05, 3.63) is 24.3 Å². The number of carbonyl (C=O) groups is 1. The predicted molar refractivity (Wildman–Crippen MR) is 74.2 cm³/mol. The van der Waals surface area contributed by atoms with Crippen LogP contribution >= 0.6 is 0 Å². The maximum absolute atomic E-state index is 11.5. The summed E-state index contributed by atoms with van der Waals surface area (Å²) in [4.78, 5) is 13.1. The third-order valence-electron chi connectivity index (χ3n) is 1.59. The lowest BCUT2D eigenvalue weighted by atomic mass is 10.2. The Labute approximate surface area is 106 Å². The number of nitrogens with zero attached hydrogens (tertiary/aromatic N) is 1. The average Bonchev–Trinajstić information content (AvgIpc) is 2.18. The molecule has 3 nitrogen and oxygen atoms in total. The zero-order valence-corrected chi connectivity index (χ0v) is 12.3. The highest BCUT2D eigenvalue weighted by molar-refractivity contribution is 5.68. The summed E-state index contributed by atoms with van der Waals surface area (Å²) in [5.41, 5.74) is 0.625. The number of carbonyl (C=O) groups excluding carboxylic acids is 1. The maximum atomic E-state index is 11.5. The van der Waals surface area contributed by atoms with E-state index in [4.69, 9.17) is 4.74 Å². The largest absolute Gasteiger partial charge is 0.444 e. The first-order valence-electron chi connectivity index (χ1n) is 5.98. The number of amides is 1. The Morgan fingerprint density at radius 2 is 1.82 bits per heavy atom. The summed E-state index contributed by atoms with van der Waals surface area (Å²) in [5, 5.41) is 0. The molecule has 3 heteroatoms. The normalized spacial score (nSPS) is 11.1. The monoisotopic (exact) mass is 241 g/mol. The van der Waals surface area contributed by atoms with Crippen molar-refractivity contribution in [3.8, 4) is 0 Å². The summed E-state index contributed by atoms with van der Waals surface area (Å²) in [6, 6.07) is 0. The molecule has 0 bridgehead atoms. The van der Waals surface area contributed by atoms with E-state index in [0.29, 0.717) is 6.54 Å². The number of hydrogen-bond acceptors (Lipinski definition) is 2. The minimum atomic E-state index is -0.443. The molecule has 0 heterocycles. The summed E-state index contributed by atoms with van der Waals surface area (Å²) in [6.45, 7) is 15.7. The smallest absolute Gasteiger partial charge is 0.410 e. The molecule has 0 saturated heterocycles. The highest BCUT2D eigenvalue weighted by Crippen LogP contribution is 2.09. The van der Waals surface area contributed by atoms with Crippen LogP contribution in [0.3, 0.4) is 0 Å². The molecule has 0 aliphatic heterocycles. The van der Waals surface area contributed by atoms with Gasteiger partial charge in [0.1, 0.15) is 5.60 Å². The number of ether oxygens (including phenoxy) is 1. The van der Waals surface area contributed by atoms with Crippen molar-refractivity contribution in [1.82, 2.24) is 4.90 Å². The van der Waals surface area contributed by atoms with Crippen LogP contribution in [0.4, 0.5) is 4.79 Å². The lowest BCUT2D eigenvalue weighted by Gasteiger charge is -2.24. The molecule has 0 rings (SSSR count). The third-order valence-corrected chi connectivity index (χ3v) is 1.59. The minimum Gasteiger partial charge on any atom is -0.444 e. The van der Waals surface area contributed by atoms with Gasteiger partial charge in [0.15, 0.2) is 0 Å². The van der Waals surface area contributed by atoms with Crippen molar-refractivity contribution in [2.45, 2.75) is 47.1 Å². The Bertz CT molecular complexity index is 262. The summed E-state index contributed by atoms with van der Waals surface area (Å²) in [7, 11) is 1.72. The van der Waals surface area contributed by atoms with Crippen molar-refractivity contribution in [2.75, 3.05) is 13.6 Å². The van der Waals surface area contributed by atoms with Gasteiger partial charge in [-0.3, -0.25) is 0 Å². The van der Waals surface area contributed by atoms with Crippen LogP contribution in [-0.2, 0) is 4.74 Å². The van der Waals surface area contributed by atoms with Crippen molar-refractivity contribution < 1.29 is 9.53 Å². The van der Waals surface area contributed by atoms with Crippen LogP contribution in [0.15, 0.2) is 24.3 Å². The van der Waals surface area contributed by atoms with Crippen LogP contribution in [0.5, 0.6) is 0 Å². The van der Waals surface area contributed by atoms with E-state index in [1.807, 2.05) is 47.6 Å². The second-order valence-corrected chi connectivity index (χ2v) is 4.59. The lowest BCUT2D eigenvalue weighted by molar-refractivity contribution is 0.0313. The van der Waals surface area contributed by atoms with Crippen LogP contribution in [0.25, 0.3) is 0 Å². The quantitative estimate of drug-likeness (QED) is 0.699. The van der Waals surface area contributed by atoms with Crippen molar-refractivity contribution in [1.29, 1.82) is 0 Å². The van der Waals surface area contributed by atoms with Crippen molar-refractivity contribution in [2.24, 2.45) is 0 Å². The van der Waals surface area contributed by atoms with Gasteiger partial charge in [0.05, 0.1) is 0 Å². The molecule has 0 aliphatic carbocycles. The van der Waals surface area contributed by atoms with Gasteiger partial charge in [-0.2, -0.15) is 0 Å². The average molecular weight is 241 g/mol. The van der Waals surface area contributed by atoms with Crippen molar-refractivity contribution in [3.63, 3.8) is 0 Å². The number of hydrogen-bond donors (Lipinski definition) is 0. The van der Waals surface area contributed by atoms with E-state index in [-0.39, 0.29) is 6.09 Å². The Morgan fingerprint density at radius 1 is 1.35 bits per heavy atom. The maximum Gasteiger partial charge on any atom is 0.410 e. The van der Waals surface area contributed by atoms with Gasteiger partial charge in [0.25, 0.3) is 0 Å². The van der Waals surface area contributed by atoms with E-state index in [1.54, 1.807) is 18.0 Å². The van der Waals surface area contributed by atoms with Crippen LogP contribution in [0.2, 0.25) is 0 Å². The fourth-order valence-electron chi connectivity index (χ4n) is 1.03. The Kier molecular flexibility index (Phi) is 9.44. The first-order chi connectivity index (χ1) is 7.76. The number of rotatable bonds is 3. The molecule has 0 aromatic heterocycles. The molecule has 0 radical (unpaired) electrons. The van der Waals surface area contributed by atoms with E-state index < -0.39 is 5.60 Å². The van der Waals surface area contributed by atoms with Crippen LogP contribution < -0.4 is 0 Å². The van der Waals surface area contributed by atoms with Gasteiger partial charge in [0, 0.05) is 13.6 Å².